The molecule has 0 saturated carbocycles. The molecule has 2 aromatic heterocycles. The molecule has 0 bridgehead atoms. The smallest absolute Gasteiger partial charge is 0.128 e. The van der Waals surface area contributed by atoms with Gasteiger partial charge in [0.25, 0.3) is 0 Å². The van der Waals surface area contributed by atoms with E-state index in [1.807, 2.05) is 25.3 Å². The lowest BCUT2D eigenvalue weighted by Gasteiger charge is -2.35. The van der Waals surface area contributed by atoms with Crippen molar-refractivity contribution < 1.29 is 0 Å². The standard InChI is InChI=1S/C15H21N5S/c1-12(16)15-18-13(11-21-15)10-19-6-8-20(9-7-19)14-4-2-3-5-17-14/h2-5,11-12H,6-10,16H2,1H3. The van der Waals surface area contributed by atoms with Gasteiger partial charge in [-0.05, 0) is 19.1 Å². The minimum Gasteiger partial charge on any atom is -0.354 e. The summed E-state index contributed by atoms with van der Waals surface area (Å²) in [6, 6.07) is 6.10. The van der Waals surface area contributed by atoms with E-state index in [0.717, 1.165) is 49.2 Å². The van der Waals surface area contributed by atoms with Gasteiger partial charge in [0.15, 0.2) is 0 Å². The molecule has 2 aromatic rings. The number of anilines is 1. The molecule has 6 heteroatoms. The summed E-state index contributed by atoms with van der Waals surface area (Å²) in [5.41, 5.74) is 7.00. The van der Waals surface area contributed by atoms with Gasteiger partial charge in [-0.25, -0.2) is 9.97 Å². The number of thiazole rings is 1. The van der Waals surface area contributed by atoms with Crippen LogP contribution in [0.3, 0.4) is 0 Å². The van der Waals surface area contributed by atoms with Crippen molar-refractivity contribution >= 4 is 17.2 Å². The van der Waals surface area contributed by atoms with Gasteiger partial charge in [0.1, 0.15) is 10.8 Å². The lowest BCUT2D eigenvalue weighted by molar-refractivity contribution is 0.247. The molecule has 1 saturated heterocycles. The molecule has 1 unspecified atom stereocenters. The zero-order chi connectivity index (χ0) is 14.7. The number of nitrogens with two attached hydrogens (primary N) is 1. The third-order valence-electron chi connectivity index (χ3n) is 3.69. The summed E-state index contributed by atoms with van der Waals surface area (Å²) < 4.78 is 0. The summed E-state index contributed by atoms with van der Waals surface area (Å²) in [7, 11) is 0. The first-order chi connectivity index (χ1) is 10.2. The van der Waals surface area contributed by atoms with E-state index >= 15 is 0 Å². The normalized spacial score (nSPS) is 17.9. The first-order valence-electron chi connectivity index (χ1n) is 7.30. The highest BCUT2D eigenvalue weighted by Crippen LogP contribution is 2.18. The molecule has 112 valence electrons. The lowest BCUT2D eigenvalue weighted by atomic mass is 10.3. The van der Waals surface area contributed by atoms with Crippen LogP contribution in [0.1, 0.15) is 23.7 Å². The second-order valence-electron chi connectivity index (χ2n) is 5.42. The summed E-state index contributed by atoms with van der Waals surface area (Å²) in [6.07, 6.45) is 1.85. The van der Waals surface area contributed by atoms with Crippen LogP contribution in [-0.2, 0) is 6.54 Å². The van der Waals surface area contributed by atoms with Crippen molar-refractivity contribution in [2.45, 2.75) is 19.5 Å². The van der Waals surface area contributed by atoms with Crippen molar-refractivity contribution in [1.82, 2.24) is 14.9 Å². The quantitative estimate of drug-likeness (QED) is 0.934. The van der Waals surface area contributed by atoms with E-state index in [0.29, 0.717) is 0 Å². The number of nitrogens with zero attached hydrogens (tertiary/aromatic N) is 4. The minimum absolute atomic E-state index is 0.0322. The van der Waals surface area contributed by atoms with Crippen molar-refractivity contribution in [3.05, 3.63) is 40.5 Å². The van der Waals surface area contributed by atoms with Gasteiger partial charge >= 0.3 is 0 Å². The maximum atomic E-state index is 5.86. The van der Waals surface area contributed by atoms with Gasteiger partial charge in [-0.2, -0.15) is 0 Å². The van der Waals surface area contributed by atoms with Crippen molar-refractivity contribution in [2.24, 2.45) is 5.73 Å². The topological polar surface area (TPSA) is 58.3 Å². The number of hydrogen-bond acceptors (Lipinski definition) is 6. The summed E-state index contributed by atoms with van der Waals surface area (Å²) >= 11 is 1.66. The molecule has 0 aromatic carbocycles. The molecule has 5 nitrogen and oxygen atoms in total. The van der Waals surface area contributed by atoms with Crippen LogP contribution in [0.2, 0.25) is 0 Å². The Morgan fingerprint density at radius 1 is 1.29 bits per heavy atom. The fourth-order valence-corrected chi connectivity index (χ4v) is 3.28. The molecule has 0 spiro atoms. The predicted octanol–water partition coefficient (Wildman–Crippen LogP) is 1.88. The van der Waals surface area contributed by atoms with Crippen LogP contribution in [0.25, 0.3) is 0 Å². The Balaban J connectivity index is 1.54. The van der Waals surface area contributed by atoms with Crippen molar-refractivity contribution in [1.29, 1.82) is 0 Å². The Bertz CT molecular complexity index is 560. The summed E-state index contributed by atoms with van der Waals surface area (Å²) in [5.74, 6) is 1.07. The van der Waals surface area contributed by atoms with Crippen LogP contribution < -0.4 is 10.6 Å². The van der Waals surface area contributed by atoms with Gasteiger partial charge in [-0.1, -0.05) is 6.07 Å². The van der Waals surface area contributed by atoms with E-state index in [4.69, 9.17) is 5.73 Å². The fourth-order valence-electron chi connectivity index (χ4n) is 2.51. The van der Waals surface area contributed by atoms with Gasteiger partial charge in [-0.3, -0.25) is 4.90 Å². The molecule has 3 heterocycles. The molecule has 1 atom stereocenters. The summed E-state index contributed by atoms with van der Waals surface area (Å²) in [5, 5.41) is 3.15. The summed E-state index contributed by atoms with van der Waals surface area (Å²) in [6.45, 7) is 7.01. The number of rotatable bonds is 4. The van der Waals surface area contributed by atoms with Crippen LogP contribution in [0.15, 0.2) is 29.8 Å². The van der Waals surface area contributed by atoms with Gasteiger partial charge < -0.3 is 10.6 Å². The molecule has 0 amide bonds. The summed E-state index contributed by atoms with van der Waals surface area (Å²) in [4.78, 5) is 13.8. The largest absolute Gasteiger partial charge is 0.354 e. The van der Waals surface area contributed by atoms with E-state index in [-0.39, 0.29) is 6.04 Å². The zero-order valence-electron chi connectivity index (χ0n) is 12.3. The number of piperazine rings is 1. The lowest BCUT2D eigenvalue weighted by Crippen LogP contribution is -2.46. The number of hydrogen-bond donors (Lipinski definition) is 1. The highest BCUT2D eigenvalue weighted by molar-refractivity contribution is 7.09. The second kappa shape index (κ2) is 6.51. The molecular formula is C15H21N5S. The van der Waals surface area contributed by atoms with Crippen LogP contribution in [-0.4, -0.2) is 41.0 Å². The fraction of sp³-hybridized carbons (Fsp3) is 0.467. The van der Waals surface area contributed by atoms with Crippen molar-refractivity contribution in [3.63, 3.8) is 0 Å². The number of aromatic nitrogens is 2. The number of pyridine rings is 1. The average molecular weight is 303 g/mol. The Morgan fingerprint density at radius 3 is 2.71 bits per heavy atom. The van der Waals surface area contributed by atoms with Gasteiger partial charge in [0, 0.05) is 44.3 Å². The van der Waals surface area contributed by atoms with Gasteiger partial charge in [-0.15, -0.1) is 11.3 Å². The van der Waals surface area contributed by atoms with Crippen LogP contribution in [0.5, 0.6) is 0 Å². The van der Waals surface area contributed by atoms with E-state index in [1.54, 1.807) is 11.3 Å². The maximum absolute atomic E-state index is 5.86. The molecule has 21 heavy (non-hydrogen) atoms. The minimum atomic E-state index is 0.0322. The zero-order valence-corrected chi connectivity index (χ0v) is 13.1. The Hall–Kier alpha value is -1.50. The third-order valence-corrected chi connectivity index (χ3v) is 4.78. The highest BCUT2D eigenvalue weighted by Gasteiger charge is 2.18. The highest BCUT2D eigenvalue weighted by atomic mass is 32.1. The molecular weight excluding hydrogens is 282 g/mol. The van der Waals surface area contributed by atoms with Crippen LogP contribution in [0, 0.1) is 0 Å². The molecule has 1 aliphatic rings. The Kier molecular flexibility index (Phi) is 4.48. The predicted molar refractivity (Wildman–Crippen MR) is 86.4 cm³/mol. The molecule has 2 N–H and O–H groups in total. The van der Waals surface area contributed by atoms with E-state index in [9.17, 15) is 0 Å². The van der Waals surface area contributed by atoms with Crippen LogP contribution >= 0.6 is 11.3 Å². The average Bonchev–Trinajstić information content (AvgIpc) is 2.98. The van der Waals surface area contributed by atoms with E-state index in [2.05, 4.69) is 31.2 Å². The SMILES string of the molecule is CC(N)c1nc(CN2CCN(c3ccccn3)CC2)cs1. The third kappa shape index (κ3) is 3.58. The van der Waals surface area contributed by atoms with E-state index in [1.165, 1.54) is 0 Å². The molecule has 1 aliphatic heterocycles. The monoisotopic (exact) mass is 303 g/mol. The molecule has 3 rings (SSSR count). The second-order valence-corrected chi connectivity index (χ2v) is 6.31. The van der Waals surface area contributed by atoms with Crippen LogP contribution in [0.4, 0.5) is 5.82 Å². The van der Waals surface area contributed by atoms with Gasteiger partial charge in [0.2, 0.25) is 0 Å². The molecule has 0 radical (unpaired) electrons. The van der Waals surface area contributed by atoms with Crippen molar-refractivity contribution in [2.75, 3.05) is 31.1 Å². The molecule has 1 fully saturated rings. The molecule has 0 aliphatic carbocycles. The first-order valence-corrected chi connectivity index (χ1v) is 8.18. The van der Waals surface area contributed by atoms with Gasteiger partial charge in [0.05, 0.1) is 11.7 Å². The van der Waals surface area contributed by atoms with E-state index < -0.39 is 0 Å². The Labute approximate surface area is 129 Å². The first kappa shape index (κ1) is 14.4. The van der Waals surface area contributed by atoms with Crippen molar-refractivity contribution in [3.8, 4) is 0 Å². The maximum Gasteiger partial charge on any atom is 0.128 e. The Morgan fingerprint density at radius 2 is 2.10 bits per heavy atom.